The van der Waals surface area contributed by atoms with E-state index in [0.717, 1.165) is 34.3 Å². The van der Waals surface area contributed by atoms with Crippen LogP contribution in [-0.2, 0) is 20.5 Å². The van der Waals surface area contributed by atoms with Gasteiger partial charge in [-0.2, -0.15) is 0 Å². The maximum absolute atomic E-state index is 12.9. The molecule has 1 N–H and O–H groups in total. The Bertz CT molecular complexity index is 1390. The van der Waals surface area contributed by atoms with E-state index in [-0.39, 0.29) is 11.8 Å². The van der Waals surface area contributed by atoms with E-state index in [1.54, 1.807) is 47.9 Å². The number of aromatic nitrogens is 1. The minimum atomic E-state index is -1.22. The SMILES string of the molecule is CCOC.O=C(Nc1cc(Cl)cc(-c2nccc3ccccc23)c1)c1ccc(N2CCOCS2=O)cc1. The number of nitrogens with zero attached hydrogens (tertiary/aromatic N) is 2. The van der Waals surface area contributed by atoms with E-state index in [2.05, 4.69) is 15.0 Å². The van der Waals surface area contributed by atoms with E-state index in [1.165, 1.54) is 0 Å². The maximum Gasteiger partial charge on any atom is 0.255 e. The number of methoxy groups -OCH3 is 1. The van der Waals surface area contributed by atoms with Crippen molar-refractivity contribution < 1.29 is 18.5 Å². The fraction of sp³-hybridized carbons (Fsp3) is 0.214. The van der Waals surface area contributed by atoms with Gasteiger partial charge in [-0.15, -0.1) is 0 Å². The molecule has 1 fully saturated rings. The average Bonchev–Trinajstić information content (AvgIpc) is 2.93. The van der Waals surface area contributed by atoms with E-state index in [4.69, 9.17) is 16.3 Å². The molecule has 5 rings (SSSR count). The zero-order chi connectivity index (χ0) is 26.2. The Morgan fingerprint density at radius 1 is 1.14 bits per heavy atom. The first-order valence-electron chi connectivity index (χ1n) is 11.8. The van der Waals surface area contributed by atoms with Crippen LogP contribution in [0.4, 0.5) is 11.4 Å². The highest BCUT2D eigenvalue weighted by atomic mass is 35.5. The summed E-state index contributed by atoms with van der Waals surface area (Å²) in [6, 6.07) is 22.4. The third-order valence-electron chi connectivity index (χ3n) is 5.68. The number of anilines is 2. The number of nitrogens with one attached hydrogen (secondary N) is 1. The number of fused-ring (bicyclic) bond motifs is 1. The van der Waals surface area contributed by atoms with Gasteiger partial charge in [-0.05, 0) is 60.8 Å². The third-order valence-corrected chi connectivity index (χ3v) is 7.15. The van der Waals surface area contributed by atoms with Gasteiger partial charge in [0.15, 0.2) is 0 Å². The molecule has 9 heteroatoms. The molecule has 1 atom stereocenters. The van der Waals surface area contributed by atoms with Gasteiger partial charge in [0.1, 0.15) is 16.9 Å². The Morgan fingerprint density at radius 2 is 1.89 bits per heavy atom. The van der Waals surface area contributed by atoms with Gasteiger partial charge in [0.2, 0.25) is 0 Å². The molecule has 7 nitrogen and oxygen atoms in total. The van der Waals surface area contributed by atoms with Gasteiger partial charge in [-0.25, -0.2) is 4.21 Å². The zero-order valence-corrected chi connectivity index (χ0v) is 22.2. The van der Waals surface area contributed by atoms with Crippen molar-refractivity contribution in [1.29, 1.82) is 0 Å². The molecule has 1 amide bonds. The monoisotopic (exact) mass is 537 g/mol. The number of halogens is 1. The number of pyridine rings is 1. The van der Waals surface area contributed by atoms with Crippen molar-refractivity contribution in [1.82, 2.24) is 4.98 Å². The first kappa shape index (κ1) is 26.8. The Balaban J connectivity index is 0.000000747. The van der Waals surface area contributed by atoms with Crippen LogP contribution >= 0.6 is 11.6 Å². The normalized spacial score (nSPS) is 15.1. The molecular formula is C28H28ClN3O4S. The molecule has 1 unspecified atom stereocenters. The number of benzene rings is 3. The first-order chi connectivity index (χ1) is 18.0. The number of hydrogen-bond acceptors (Lipinski definition) is 5. The number of amides is 1. The molecule has 2 heterocycles. The minimum absolute atomic E-state index is 0.185. The minimum Gasteiger partial charge on any atom is -0.385 e. The summed E-state index contributed by atoms with van der Waals surface area (Å²) in [5.74, 6) is -0.0750. The molecular weight excluding hydrogens is 510 g/mol. The van der Waals surface area contributed by atoms with Crippen molar-refractivity contribution in [3.8, 4) is 11.3 Å². The maximum atomic E-state index is 12.9. The van der Waals surface area contributed by atoms with E-state index < -0.39 is 11.0 Å². The molecule has 0 spiro atoms. The van der Waals surface area contributed by atoms with Crippen LogP contribution in [0.2, 0.25) is 5.02 Å². The molecule has 4 aromatic rings. The molecule has 1 saturated heterocycles. The molecule has 0 radical (unpaired) electrons. The Labute approximate surface area is 224 Å². The number of carbonyl (C=O) groups excluding carboxylic acids is 1. The number of carbonyl (C=O) groups is 1. The highest BCUT2D eigenvalue weighted by Crippen LogP contribution is 2.31. The molecule has 0 aliphatic carbocycles. The summed E-state index contributed by atoms with van der Waals surface area (Å²) < 4.78 is 23.7. The van der Waals surface area contributed by atoms with Gasteiger partial charge in [-0.3, -0.25) is 14.1 Å². The van der Waals surface area contributed by atoms with Gasteiger partial charge >= 0.3 is 0 Å². The summed E-state index contributed by atoms with van der Waals surface area (Å²) >= 11 is 6.38. The molecule has 1 aliphatic heterocycles. The van der Waals surface area contributed by atoms with Crippen molar-refractivity contribution in [2.24, 2.45) is 0 Å². The Kier molecular flexibility index (Phi) is 9.24. The fourth-order valence-electron chi connectivity index (χ4n) is 3.82. The lowest BCUT2D eigenvalue weighted by molar-refractivity contribution is 0.102. The van der Waals surface area contributed by atoms with Crippen molar-refractivity contribution >= 4 is 50.6 Å². The van der Waals surface area contributed by atoms with Crippen LogP contribution in [0.3, 0.4) is 0 Å². The number of ether oxygens (including phenoxy) is 2. The number of rotatable bonds is 5. The van der Waals surface area contributed by atoms with Gasteiger partial charge < -0.3 is 14.8 Å². The smallest absolute Gasteiger partial charge is 0.255 e. The molecule has 3 aromatic carbocycles. The lowest BCUT2D eigenvalue weighted by Gasteiger charge is -2.27. The highest BCUT2D eigenvalue weighted by Gasteiger charge is 2.19. The molecule has 1 aliphatic rings. The summed E-state index contributed by atoms with van der Waals surface area (Å²) in [7, 11) is 0.459. The topological polar surface area (TPSA) is 80.8 Å². The Morgan fingerprint density at radius 3 is 2.62 bits per heavy atom. The molecule has 0 saturated carbocycles. The third kappa shape index (κ3) is 6.72. The molecule has 1 aromatic heterocycles. The van der Waals surface area contributed by atoms with Crippen LogP contribution in [0.25, 0.3) is 22.0 Å². The quantitative estimate of drug-likeness (QED) is 0.342. The summed E-state index contributed by atoms with van der Waals surface area (Å²) in [5.41, 5.74) is 3.48. The van der Waals surface area contributed by atoms with Gasteiger partial charge in [0, 0.05) is 52.8 Å². The van der Waals surface area contributed by atoms with Crippen molar-refractivity contribution in [2.45, 2.75) is 6.92 Å². The predicted molar refractivity (Wildman–Crippen MR) is 150 cm³/mol. The van der Waals surface area contributed by atoms with Crippen LogP contribution in [0.5, 0.6) is 0 Å². The highest BCUT2D eigenvalue weighted by molar-refractivity contribution is 7.86. The zero-order valence-electron chi connectivity index (χ0n) is 20.6. The number of hydrogen-bond donors (Lipinski definition) is 1. The summed E-state index contributed by atoms with van der Waals surface area (Å²) in [6.45, 7) is 3.85. The fourth-order valence-corrected chi connectivity index (χ4v) is 5.08. The van der Waals surface area contributed by atoms with E-state index >= 15 is 0 Å². The van der Waals surface area contributed by atoms with Crippen molar-refractivity contribution in [3.05, 3.63) is 89.6 Å². The summed E-state index contributed by atoms with van der Waals surface area (Å²) in [4.78, 5) is 17.4. The first-order valence-corrected chi connectivity index (χ1v) is 13.4. The van der Waals surface area contributed by atoms with E-state index in [9.17, 15) is 9.00 Å². The largest absolute Gasteiger partial charge is 0.385 e. The van der Waals surface area contributed by atoms with Gasteiger partial charge in [0.05, 0.1) is 18.8 Å². The molecule has 192 valence electrons. The van der Waals surface area contributed by atoms with Crippen LogP contribution < -0.4 is 9.62 Å². The van der Waals surface area contributed by atoms with Crippen LogP contribution in [0.15, 0.2) is 79.0 Å². The average molecular weight is 538 g/mol. The van der Waals surface area contributed by atoms with Crippen LogP contribution in [0.1, 0.15) is 17.3 Å². The molecule has 37 heavy (non-hydrogen) atoms. The Hall–Kier alpha value is -3.30. The molecule has 0 bridgehead atoms. The second kappa shape index (κ2) is 12.8. The van der Waals surface area contributed by atoms with Crippen LogP contribution in [-0.4, -0.2) is 47.9 Å². The van der Waals surface area contributed by atoms with Gasteiger partial charge in [-0.1, -0.05) is 35.9 Å². The van der Waals surface area contributed by atoms with Crippen molar-refractivity contribution in [2.75, 3.05) is 42.4 Å². The second-order valence-corrected chi connectivity index (χ2v) is 9.89. The second-order valence-electron chi connectivity index (χ2n) is 8.14. The van der Waals surface area contributed by atoms with Crippen molar-refractivity contribution in [3.63, 3.8) is 0 Å². The van der Waals surface area contributed by atoms with E-state index in [1.807, 2.05) is 49.4 Å². The van der Waals surface area contributed by atoms with Crippen LogP contribution in [0, 0.1) is 0 Å². The van der Waals surface area contributed by atoms with E-state index in [0.29, 0.717) is 29.4 Å². The summed E-state index contributed by atoms with van der Waals surface area (Å²) in [6.07, 6.45) is 1.76. The lowest BCUT2D eigenvalue weighted by atomic mass is 10.0. The summed E-state index contributed by atoms with van der Waals surface area (Å²) in [5, 5.41) is 5.51. The standard InChI is InChI=1S/C25H20ClN3O3S.C3H8O/c26-20-13-19(24-23-4-2-1-3-17(23)9-10-27-24)14-21(15-20)28-25(30)18-5-7-22(8-6-18)29-11-12-32-16-33(29)31;1-3-4-2/h1-10,13-15H,11-12,16H2,(H,28,30);3H2,1-2H3. The predicted octanol–water partition coefficient (Wildman–Crippen LogP) is 5.92. The lowest BCUT2D eigenvalue weighted by Crippen LogP contribution is -2.36. The van der Waals surface area contributed by atoms with Gasteiger partial charge in [0.25, 0.3) is 5.91 Å².